The highest BCUT2D eigenvalue weighted by atomic mass is 19.4. The maximum atomic E-state index is 14.9. The number of nitrogens with one attached hydrogen (secondary N) is 1. The minimum absolute atomic E-state index is 0.0125. The Labute approximate surface area is 157 Å². The van der Waals surface area contributed by atoms with Gasteiger partial charge < -0.3 is 15.6 Å². The predicted molar refractivity (Wildman–Crippen MR) is 94.5 cm³/mol. The number of nitrogens with zero attached hydrogens (tertiary/aromatic N) is 1. The molecule has 9 heteroatoms. The lowest BCUT2D eigenvalue weighted by Gasteiger charge is -2.14. The average Bonchev–Trinajstić information content (AvgIpc) is 3.20. The van der Waals surface area contributed by atoms with Gasteiger partial charge in [0.1, 0.15) is 11.5 Å². The van der Waals surface area contributed by atoms with Crippen LogP contribution in [0.25, 0.3) is 16.5 Å². The summed E-state index contributed by atoms with van der Waals surface area (Å²) in [7, 11) is 0. The molecule has 146 valence electrons. The molecule has 0 unspecified atom stereocenters. The Bertz CT molecular complexity index is 1100. The molecule has 28 heavy (non-hydrogen) atoms. The van der Waals surface area contributed by atoms with E-state index in [2.05, 4.69) is 16.8 Å². The summed E-state index contributed by atoms with van der Waals surface area (Å²) in [4.78, 5) is 27.1. The summed E-state index contributed by atoms with van der Waals surface area (Å²) in [5.74, 6) is 2.42. The quantitative estimate of drug-likeness (QED) is 0.608. The molecule has 3 N–H and O–H groups in total. The number of nitrogens with two attached hydrogens (primary N) is 1. The van der Waals surface area contributed by atoms with Gasteiger partial charge in [-0.3, -0.25) is 9.59 Å². The Morgan fingerprint density at radius 1 is 1.32 bits per heavy atom. The van der Waals surface area contributed by atoms with Gasteiger partial charge in [0.15, 0.2) is 0 Å². The van der Waals surface area contributed by atoms with Crippen LogP contribution in [-0.2, 0) is 11.0 Å². The van der Waals surface area contributed by atoms with Gasteiger partial charge in [0.25, 0.3) is 11.8 Å². The summed E-state index contributed by atoms with van der Waals surface area (Å²) in [5, 5.41) is -0.0803. The fourth-order valence-electron chi connectivity index (χ4n) is 3.37. The summed E-state index contributed by atoms with van der Waals surface area (Å²) < 4.78 is 55.0. The molecular weight excluding hydrogens is 378 g/mol. The molecule has 2 heterocycles. The molecule has 1 aliphatic heterocycles. The average molecular weight is 393 g/mol. The third-order valence-electron chi connectivity index (χ3n) is 4.59. The van der Waals surface area contributed by atoms with Crippen LogP contribution in [0.5, 0.6) is 0 Å². The molecule has 1 aromatic carbocycles. The number of amides is 2. The first-order valence-electron chi connectivity index (χ1n) is 8.19. The molecule has 0 saturated carbocycles. The maximum Gasteiger partial charge on any atom is 0.431 e. The van der Waals surface area contributed by atoms with Crippen LogP contribution in [-0.4, -0.2) is 34.8 Å². The number of rotatable bonds is 2. The standard InChI is InChI=1S/C19H15F4N3O2/c1-3-4-13(27)26-6-5-10(8-26)15-12(20)7-11(18(24)28)16-14(15)9(2)17(25-16)19(21,22)23/h5,7,25H,6,8H2,1-2H3,(H2,24,28). The molecular formula is C19H15F4N3O2. The number of carbonyl (C=O) groups is 2. The molecule has 0 aliphatic carbocycles. The lowest BCUT2D eigenvalue weighted by Crippen LogP contribution is -2.27. The van der Waals surface area contributed by atoms with Crippen molar-refractivity contribution in [3.05, 3.63) is 40.3 Å². The fourth-order valence-corrected chi connectivity index (χ4v) is 3.37. The molecule has 5 nitrogen and oxygen atoms in total. The first kappa shape index (κ1) is 19.5. The summed E-state index contributed by atoms with van der Waals surface area (Å²) in [5.41, 5.74) is 3.57. The number of H-pyrrole nitrogens is 1. The summed E-state index contributed by atoms with van der Waals surface area (Å²) >= 11 is 0. The van der Waals surface area contributed by atoms with Gasteiger partial charge in [-0.15, -0.1) is 0 Å². The molecule has 2 amide bonds. The van der Waals surface area contributed by atoms with Gasteiger partial charge in [0, 0.05) is 24.0 Å². The fraction of sp³-hybridized carbons (Fsp3) is 0.263. The molecule has 0 bridgehead atoms. The maximum absolute atomic E-state index is 14.9. The van der Waals surface area contributed by atoms with Crippen molar-refractivity contribution in [2.24, 2.45) is 5.73 Å². The van der Waals surface area contributed by atoms with E-state index in [-0.39, 0.29) is 40.7 Å². The first-order valence-corrected chi connectivity index (χ1v) is 8.19. The monoisotopic (exact) mass is 393 g/mol. The predicted octanol–water partition coefficient (Wildman–Crippen LogP) is 2.98. The van der Waals surface area contributed by atoms with Crippen molar-refractivity contribution in [1.29, 1.82) is 0 Å². The van der Waals surface area contributed by atoms with Crippen molar-refractivity contribution in [3.63, 3.8) is 0 Å². The van der Waals surface area contributed by atoms with Crippen LogP contribution in [0.2, 0.25) is 0 Å². The van der Waals surface area contributed by atoms with Crippen molar-refractivity contribution < 1.29 is 27.2 Å². The van der Waals surface area contributed by atoms with Crippen LogP contribution >= 0.6 is 0 Å². The van der Waals surface area contributed by atoms with Gasteiger partial charge in [-0.2, -0.15) is 13.2 Å². The van der Waals surface area contributed by atoms with Gasteiger partial charge >= 0.3 is 6.18 Å². The number of hydrogen-bond acceptors (Lipinski definition) is 2. The van der Waals surface area contributed by atoms with Crippen LogP contribution in [0.3, 0.4) is 0 Å². The Hall–Kier alpha value is -3.28. The summed E-state index contributed by atoms with van der Waals surface area (Å²) in [6.07, 6.45) is -3.18. The Morgan fingerprint density at radius 3 is 2.57 bits per heavy atom. The lowest BCUT2D eigenvalue weighted by atomic mass is 9.95. The van der Waals surface area contributed by atoms with Crippen molar-refractivity contribution in [2.75, 3.05) is 13.1 Å². The van der Waals surface area contributed by atoms with E-state index in [1.54, 1.807) is 6.08 Å². The summed E-state index contributed by atoms with van der Waals surface area (Å²) in [6.45, 7) is 2.82. The number of primary amides is 1. The largest absolute Gasteiger partial charge is 0.431 e. The second-order valence-electron chi connectivity index (χ2n) is 6.31. The molecule has 0 atom stereocenters. The second kappa shape index (κ2) is 6.71. The highest BCUT2D eigenvalue weighted by molar-refractivity contribution is 6.10. The second-order valence-corrected chi connectivity index (χ2v) is 6.31. The molecule has 0 fully saturated rings. The number of alkyl halides is 3. The summed E-state index contributed by atoms with van der Waals surface area (Å²) in [6, 6.07) is 0.813. The molecule has 2 aromatic rings. The lowest BCUT2D eigenvalue weighted by molar-refractivity contribution is -0.141. The number of hydrogen-bond donors (Lipinski definition) is 2. The van der Waals surface area contributed by atoms with Crippen LogP contribution in [0.1, 0.15) is 34.1 Å². The van der Waals surface area contributed by atoms with Crippen molar-refractivity contribution in [1.82, 2.24) is 9.88 Å². The Kier molecular flexibility index (Phi) is 4.67. The van der Waals surface area contributed by atoms with Gasteiger partial charge in [0.2, 0.25) is 0 Å². The number of aryl methyl sites for hydroxylation is 1. The number of fused-ring (bicyclic) bond motifs is 1. The van der Waals surface area contributed by atoms with Crippen molar-refractivity contribution >= 4 is 28.3 Å². The molecule has 1 aliphatic rings. The topological polar surface area (TPSA) is 79.2 Å². The Morgan fingerprint density at radius 2 is 2.00 bits per heavy atom. The van der Waals surface area contributed by atoms with E-state index in [9.17, 15) is 27.2 Å². The van der Waals surface area contributed by atoms with Crippen LogP contribution in [0.15, 0.2) is 12.1 Å². The number of halogens is 4. The zero-order chi connectivity index (χ0) is 20.8. The first-order chi connectivity index (χ1) is 13.1. The van der Waals surface area contributed by atoms with Gasteiger partial charge in [-0.1, -0.05) is 12.0 Å². The van der Waals surface area contributed by atoms with E-state index < -0.39 is 29.5 Å². The normalized spacial score (nSPS) is 14.1. The van der Waals surface area contributed by atoms with E-state index in [1.807, 2.05) is 0 Å². The molecule has 0 radical (unpaired) electrons. The van der Waals surface area contributed by atoms with E-state index >= 15 is 0 Å². The van der Waals surface area contributed by atoms with Crippen LogP contribution in [0, 0.1) is 24.6 Å². The SMILES string of the molecule is CC#CC(=O)N1CC=C(c2c(F)cc(C(N)=O)c3[nH]c(C(F)(F)F)c(C)c23)C1. The highest BCUT2D eigenvalue weighted by Gasteiger charge is 2.37. The molecule has 0 spiro atoms. The van der Waals surface area contributed by atoms with Crippen molar-refractivity contribution in [2.45, 2.75) is 20.0 Å². The minimum atomic E-state index is -4.73. The molecule has 3 rings (SSSR count). The smallest absolute Gasteiger partial charge is 0.366 e. The molecule has 1 aromatic heterocycles. The van der Waals surface area contributed by atoms with E-state index in [1.165, 1.54) is 18.7 Å². The molecule has 0 saturated heterocycles. The van der Waals surface area contributed by atoms with E-state index in [0.29, 0.717) is 5.57 Å². The third-order valence-corrected chi connectivity index (χ3v) is 4.59. The Balaban J connectivity index is 2.24. The zero-order valence-electron chi connectivity index (χ0n) is 14.9. The van der Waals surface area contributed by atoms with Gasteiger partial charge in [-0.05, 0) is 37.0 Å². The van der Waals surface area contributed by atoms with Crippen molar-refractivity contribution in [3.8, 4) is 11.8 Å². The number of aromatic nitrogens is 1. The minimum Gasteiger partial charge on any atom is -0.366 e. The van der Waals surface area contributed by atoms with Crippen LogP contribution < -0.4 is 5.73 Å². The number of carbonyl (C=O) groups excluding carboxylic acids is 2. The van der Waals surface area contributed by atoms with Crippen LogP contribution in [0.4, 0.5) is 17.6 Å². The van der Waals surface area contributed by atoms with Gasteiger partial charge in [-0.25, -0.2) is 4.39 Å². The number of benzene rings is 1. The highest BCUT2D eigenvalue weighted by Crippen LogP contribution is 2.40. The number of aromatic amines is 1. The zero-order valence-corrected chi connectivity index (χ0v) is 14.9. The van der Waals surface area contributed by atoms with E-state index in [0.717, 1.165) is 6.07 Å². The van der Waals surface area contributed by atoms with E-state index in [4.69, 9.17) is 5.73 Å². The third kappa shape index (κ3) is 3.11. The van der Waals surface area contributed by atoms with Gasteiger partial charge in [0.05, 0.1) is 11.1 Å².